The third-order valence-corrected chi connectivity index (χ3v) is 7.71. The number of hydrogen-bond donors (Lipinski definition) is 2. The van der Waals surface area contributed by atoms with Gasteiger partial charge in [-0.05, 0) is 83.6 Å². The maximum atomic E-state index is 5.16. The first-order chi connectivity index (χ1) is 16.8. The summed E-state index contributed by atoms with van der Waals surface area (Å²) in [6.45, 7) is 0. The fourth-order valence-electron chi connectivity index (χ4n) is 4.43. The van der Waals surface area contributed by atoms with Crippen LogP contribution in [0.3, 0.4) is 0 Å². The Morgan fingerprint density at radius 3 is 1.56 bits per heavy atom. The SMILES string of the molecule is C1=Cc2cc3ccc([nH]3)c(-c3cccs3)c3nc(c(-c4cccs4)c4ccc(cc1n2)[nH]4)C=C3. The predicted molar refractivity (Wildman–Crippen MR) is 145 cm³/mol. The molecule has 0 atom stereocenters. The number of nitrogens with zero attached hydrogens (tertiary/aromatic N) is 2. The van der Waals surface area contributed by atoms with Crippen LogP contribution in [0.4, 0.5) is 0 Å². The van der Waals surface area contributed by atoms with Crippen molar-refractivity contribution in [2.45, 2.75) is 0 Å². The van der Waals surface area contributed by atoms with Crippen molar-refractivity contribution in [3.63, 3.8) is 0 Å². The minimum absolute atomic E-state index is 0.927. The van der Waals surface area contributed by atoms with Gasteiger partial charge in [-0.3, -0.25) is 0 Å². The molecule has 5 aromatic rings. The summed E-state index contributed by atoms with van der Waals surface area (Å²) in [4.78, 5) is 19.5. The topological polar surface area (TPSA) is 57.4 Å². The van der Waals surface area contributed by atoms with Crippen molar-refractivity contribution in [3.05, 3.63) is 94.2 Å². The van der Waals surface area contributed by atoms with E-state index in [2.05, 4.69) is 93.5 Å². The standard InChI is InChI=1S/C28H18N4S2/c1-3-25(33-13-1)27-21-9-7-19(30-21)15-17-5-6-18(29-17)16-20-8-10-22(31-20)28(26-4-2-14-34-26)24-12-11-23(27)32-24/h1-16,30-31H. The van der Waals surface area contributed by atoms with Crippen LogP contribution in [0.5, 0.6) is 0 Å². The molecule has 2 aliphatic rings. The van der Waals surface area contributed by atoms with Gasteiger partial charge in [0.25, 0.3) is 0 Å². The molecule has 0 radical (unpaired) electrons. The average molecular weight is 475 g/mol. The highest BCUT2D eigenvalue weighted by molar-refractivity contribution is 7.14. The summed E-state index contributed by atoms with van der Waals surface area (Å²) in [5, 5.41) is 4.22. The van der Waals surface area contributed by atoms with E-state index in [1.807, 2.05) is 12.2 Å². The molecule has 7 rings (SSSR count). The zero-order valence-electron chi connectivity index (χ0n) is 17.9. The van der Waals surface area contributed by atoms with E-state index in [0.717, 1.165) is 56.0 Å². The third kappa shape index (κ3) is 3.36. The van der Waals surface area contributed by atoms with Crippen LogP contribution < -0.4 is 0 Å². The Kier molecular flexibility index (Phi) is 4.46. The van der Waals surface area contributed by atoms with E-state index in [9.17, 15) is 0 Å². The molecule has 0 spiro atoms. The van der Waals surface area contributed by atoms with Gasteiger partial charge in [0.1, 0.15) is 0 Å². The lowest BCUT2D eigenvalue weighted by Crippen LogP contribution is -1.85. The lowest BCUT2D eigenvalue weighted by Gasteiger charge is -2.01. The first-order valence-electron chi connectivity index (χ1n) is 11.0. The fourth-order valence-corrected chi connectivity index (χ4v) is 6.02. The first kappa shape index (κ1) is 19.5. The molecule has 5 aromatic heterocycles. The van der Waals surface area contributed by atoms with Crippen LogP contribution >= 0.6 is 22.7 Å². The van der Waals surface area contributed by atoms with E-state index in [4.69, 9.17) is 9.97 Å². The van der Waals surface area contributed by atoms with E-state index in [0.29, 0.717) is 0 Å². The second-order valence-corrected chi connectivity index (χ2v) is 10.1. The molecule has 0 amide bonds. The van der Waals surface area contributed by atoms with E-state index in [1.54, 1.807) is 22.7 Å². The summed E-state index contributed by atoms with van der Waals surface area (Å²) in [6.07, 6.45) is 8.35. The van der Waals surface area contributed by atoms with E-state index in [-0.39, 0.29) is 0 Å². The normalized spacial score (nSPS) is 12.5. The van der Waals surface area contributed by atoms with Crippen molar-refractivity contribution < 1.29 is 0 Å². The summed E-state index contributed by atoms with van der Waals surface area (Å²) in [5.74, 6) is 0. The van der Waals surface area contributed by atoms with Gasteiger partial charge in [-0.15, -0.1) is 22.7 Å². The van der Waals surface area contributed by atoms with Crippen molar-refractivity contribution in [2.75, 3.05) is 0 Å². The number of hydrogen-bond acceptors (Lipinski definition) is 4. The van der Waals surface area contributed by atoms with Crippen LogP contribution in [0.25, 0.3) is 67.3 Å². The lowest BCUT2D eigenvalue weighted by atomic mass is 10.1. The Balaban J connectivity index is 1.65. The molecule has 2 aliphatic heterocycles. The van der Waals surface area contributed by atoms with Crippen molar-refractivity contribution >= 4 is 69.0 Å². The molecule has 0 unspecified atom stereocenters. The van der Waals surface area contributed by atoms with Gasteiger partial charge in [-0.1, -0.05) is 12.1 Å². The number of H-pyrrole nitrogens is 2. The molecule has 0 fully saturated rings. The maximum absolute atomic E-state index is 5.16. The molecule has 34 heavy (non-hydrogen) atoms. The molecule has 4 nitrogen and oxygen atoms in total. The summed E-state index contributed by atoms with van der Waals surface area (Å²) >= 11 is 3.45. The molecule has 0 saturated heterocycles. The highest BCUT2D eigenvalue weighted by atomic mass is 32.1. The van der Waals surface area contributed by atoms with E-state index in [1.165, 1.54) is 9.75 Å². The molecule has 2 N–H and O–H groups in total. The number of rotatable bonds is 2. The van der Waals surface area contributed by atoms with Crippen molar-refractivity contribution in [3.8, 4) is 20.9 Å². The van der Waals surface area contributed by atoms with E-state index >= 15 is 0 Å². The summed E-state index contributed by atoms with van der Waals surface area (Å²) in [5.41, 5.74) is 10.1. The van der Waals surface area contributed by atoms with Crippen molar-refractivity contribution in [2.24, 2.45) is 0 Å². The van der Waals surface area contributed by atoms with Gasteiger partial charge in [0.05, 0.1) is 22.8 Å². The Hall–Kier alpha value is -4.00. The molecule has 0 saturated carbocycles. The first-order valence-corrected chi connectivity index (χ1v) is 12.7. The number of nitrogens with one attached hydrogen (secondary N) is 2. The van der Waals surface area contributed by atoms with Crippen LogP contribution in [-0.2, 0) is 0 Å². The smallest absolute Gasteiger partial charge is 0.0745 e. The van der Waals surface area contributed by atoms with Gasteiger partial charge in [-0.25, -0.2) is 9.97 Å². The van der Waals surface area contributed by atoms with Gasteiger partial charge in [0.2, 0.25) is 0 Å². The third-order valence-electron chi connectivity index (χ3n) is 5.93. The zero-order chi connectivity index (χ0) is 22.5. The van der Waals surface area contributed by atoms with Gasteiger partial charge >= 0.3 is 0 Å². The molecular weight excluding hydrogens is 456 g/mol. The second kappa shape index (κ2) is 7.80. The Morgan fingerprint density at radius 2 is 1.09 bits per heavy atom. The van der Waals surface area contributed by atoms with Crippen molar-refractivity contribution in [1.82, 2.24) is 19.9 Å². The average Bonchev–Trinajstić information content (AvgIpc) is 3.67. The summed E-state index contributed by atoms with van der Waals surface area (Å²) < 4.78 is 0. The van der Waals surface area contributed by atoms with Crippen LogP contribution in [0, 0.1) is 0 Å². The molecule has 0 aliphatic carbocycles. The van der Waals surface area contributed by atoms with Gasteiger partial charge < -0.3 is 9.97 Å². The maximum Gasteiger partial charge on any atom is 0.0745 e. The summed E-state index contributed by atoms with van der Waals surface area (Å²) in [7, 11) is 0. The Morgan fingerprint density at radius 1 is 0.559 bits per heavy atom. The van der Waals surface area contributed by atoms with Gasteiger partial charge in [0.15, 0.2) is 0 Å². The fraction of sp³-hybridized carbons (Fsp3) is 0. The number of aromatic amines is 2. The molecule has 7 heterocycles. The van der Waals surface area contributed by atoms with Crippen LogP contribution in [0.15, 0.2) is 71.4 Å². The number of thiophene rings is 2. The second-order valence-electron chi connectivity index (χ2n) is 8.16. The monoisotopic (exact) mass is 474 g/mol. The molecule has 6 heteroatoms. The number of aromatic nitrogens is 4. The summed E-state index contributed by atoms with van der Waals surface area (Å²) in [6, 6.07) is 21.1. The molecule has 0 aromatic carbocycles. The zero-order valence-corrected chi connectivity index (χ0v) is 19.6. The quantitative estimate of drug-likeness (QED) is 0.266. The van der Waals surface area contributed by atoms with Crippen LogP contribution in [-0.4, -0.2) is 19.9 Å². The lowest BCUT2D eigenvalue weighted by molar-refractivity contribution is 1.31. The largest absolute Gasteiger partial charge is 0.355 e. The Labute approximate surface area is 203 Å². The van der Waals surface area contributed by atoms with Gasteiger partial charge in [-0.2, -0.15) is 0 Å². The molecular formula is C28H18N4S2. The molecule has 162 valence electrons. The minimum Gasteiger partial charge on any atom is -0.355 e. The Bertz CT molecular complexity index is 1620. The van der Waals surface area contributed by atoms with Crippen LogP contribution in [0.1, 0.15) is 22.8 Å². The predicted octanol–water partition coefficient (Wildman–Crippen LogP) is 8.11. The highest BCUT2D eigenvalue weighted by Crippen LogP contribution is 2.36. The van der Waals surface area contributed by atoms with Crippen molar-refractivity contribution in [1.29, 1.82) is 0 Å². The van der Waals surface area contributed by atoms with E-state index < -0.39 is 0 Å². The van der Waals surface area contributed by atoms with Crippen LogP contribution in [0.2, 0.25) is 0 Å². The van der Waals surface area contributed by atoms with Gasteiger partial charge in [0, 0.05) is 42.9 Å². The number of fused-ring (bicyclic) bond motifs is 8. The molecule has 8 bridgehead atoms. The minimum atomic E-state index is 0.927. The highest BCUT2D eigenvalue weighted by Gasteiger charge is 2.15.